The van der Waals surface area contributed by atoms with Crippen LogP contribution >= 0.6 is 0 Å². The van der Waals surface area contributed by atoms with Crippen molar-refractivity contribution in [3.05, 3.63) is 30.1 Å². The van der Waals surface area contributed by atoms with Gasteiger partial charge in [-0.2, -0.15) is 4.98 Å². The van der Waals surface area contributed by atoms with Crippen LogP contribution in [-0.4, -0.2) is 58.0 Å². The van der Waals surface area contributed by atoms with Crippen molar-refractivity contribution in [2.24, 2.45) is 0 Å². The SMILES string of the molecule is COc1ncc(-c2cccc3c(N)c(C(=O)NCC(C)O)nnc23)c(OC)n1. The van der Waals surface area contributed by atoms with E-state index in [-0.39, 0.29) is 23.9 Å². The molecule has 10 nitrogen and oxygen atoms in total. The highest BCUT2D eigenvalue weighted by atomic mass is 16.5. The van der Waals surface area contributed by atoms with E-state index in [4.69, 9.17) is 15.2 Å². The van der Waals surface area contributed by atoms with E-state index in [1.807, 2.05) is 0 Å². The molecule has 4 N–H and O–H groups in total. The Labute approximate surface area is 160 Å². The summed E-state index contributed by atoms with van der Waals surface area (Å²) in [5.41, 5.74) is 8.05. The lowest BCUT2D eigenvalue weighted by atomic mass is 10.0. The van der Waals surface area contributed by atoms with Gasteiger partial charge in [0.25, 0.3) is 5.91 Å². The lowest BCUT2D eigenvalue weighted by Gasteiger charge is -2.12. The Bertz CT molecular complexity index is 1020. The predicted octanol–water partition coefficient (Wildman–Crippen LogP) is 0.797. The minimum absolute atomic E-state index is 0.0109. The first kappa shape index (κ1) is 19.2. The summed E-state index contributed by atoms with van der Waals surface area (Å²) < 4.78 is 10.4. The number of hydrogen-bond acceptors (Lipinski definition) is 9. The average molecular weight is 384 g/mol. The van der Waals surface area contributed by atoms with Crippen molar-refractivity contribution in [2.75, 3.05) is 26.5 Å². The van der Waals surface area contributed by atoms with E-state index < -0.39 is 12.0 Å². The number of carbonyl (C=O) groups excluding carboxylic acids is 1. The van der Waals surface area contributed by atoms with Crippen LogP contribution in [0.3, 0.4) is 0 Å². The zero-order valence-electron chi connectivity index (χ0n) is 15.6. The first-order valence-electron chi connectivity index (χ1n) is 8.42. The zero-order chi connectivity index (χ0) is 20.3. The van der Waals surface area contributed by atoms with Gasteiger partial charge < -0.3 is 25.6 Å². The van der Waals surface area contributed by atoms with Crippen LogP contribution in [-0.2, 0) is 0 Å². The minimum Gasteiger partial charge on any atom is -0.480 e. The van der Waals surface area contributed by atoms with Crippen molar-refractivity contribution < 1.29 is 19.4 Å². The summed E-state index contributed by atoms with van der Waals surface area (Å²) >= 11 is 0. The van der Waals surface area contributed by atoms with Gasteiger partial charge in [-0.3, -0.25) is 4.79 Å². The number of nitrogen functional groups attached to an aromatic ring is 1. The van der Waals surface area contributed by atoms with Crippen LogP contribution in [0.25, 0.3) is 22.0 Å². The second kappa shape index (κ2) is 8.01. The Kier molecular flexibility index (Phi) is 5.50. The first-order chi connectivity index (χ1) is 13.5. The van der Waals surface area contributed by atoms with E-state index in [0.717, 1.165) is 0 Å². The number of nitrogens with two attached hydrogens (primary N) is 1. The van der Waals surface area contributed by atoms with Gasteiger partial charge in [-0.25, -0.2) is 4.98 Å². The van der Waals surface area contributed by atoms with Gasteiger partial charge in [-0.05, 0) is 6.92 Å². The van der Waals surface area contributed by atoms with Crippen LogP contribution in [0.15, 0.2) is 24.4 Å². The molecule has 0 saturated heterocycles. The number of carbonyl (C=O) groups is 1. The summed E-state index contributed by atoms with van der Waals surface area (Å²) in [6.07, 6.45) is 0.869. The number of ether oxygens (including phenoxy) is 2. The normalized spacial score (nSPS) is 11.9. The molecule has 2 aromatic heterocycles. The number of anilines is 1. The number of amides is 1. The van der Waals surface area contributed by atoms with Gasteiger partial charge in [0.05, 0.1) is 31.6 Å². The highest BCUT2D eigenvalue weighted by Gasteiger charge is 2.19. The van der Waals surface area contributed by atoms with E-state index in [1.54, 1.807) is 31.3 Å². The van der Waals surface area contributed by atoms with E-state index >= 15 is 0 Å². The quantitative estimate of drug-likeness (QED) is 0.561. The smallest absolute Gasteiger partial charge is 0.319 e. The summed E-state index contributed by atoms with van der Waals surface area (Å²) in [5, 5.41) is 20.6. The largest absolute Gasteiger partial charge is 0.480 e. The second-order valence-electron chi connectivity index (χ2n) is 6.00. The summed E-state index contributed by atoms with van der Waals surface area (Å²) in [7, 11) is 2.95. The number of aliphatic hydroxyl groups is 1. The summed E-state index contributed by atoms with van der Waals surface area (Å²) in [5.74, 6) is -0.206. The molecule has 0 aliphatic rings. The minimum atomic E-state index is -0.687. The van der Waals surface area contributed by atoms with Crippen molar-refractivity contribution in [1.29, 1.82) is 0 Å². The molecule has 0 spiro atoms. The van der Waals surface area contributed by atoms with Crippen LogP contribution in [0.5, 0.6) is 11.9 Å². The van der Waals surface area contributed by atoms with Gasteiger partial charge >= 0.3 is 6.01 Å². The summed E-state index contributed by atoms with van der Waals surface area (Å²) in [6, 6.07) is 5.49. The highest BCUT2D eigenvalue weighted by Crippen LogP contribution is 2.35. The Morgan fingerprint density at radius 2 is 2.04 bits per heavy atom. The van der Waals surface area contributed by atoms with E-state index in [2.05, 4.69) is 25.5 Å². The van der Waals surface area contributed by atoms with Crippen LogP contribution in [0.2, 0.25) is 0 Å². The molecule has 1 unspecified atom stereocenters. The number of fused-ring (bicyclic) bond motifs is 1. The maximum Gasteiger partial charge on any atom is 0.319 e. The molecular weight excluding hydrogens is 364 g/mol. The monoisotopic (exact) mass is 384 g/mol. The van der Waals surface area contributed by atoms with E-state index in [9.17, 15) is 9.90 Å². The molecule has 0 aliphatic heterocycles. The molecule has 1 aromatic carbocycles. The van der Waals surface area contributed by atoms with Crippen molar-refractivity contribution in [2.45, 2.75) is 13.0 Å². The first-order valence-corrected chi connectivity index (χ1v) is 8.42. The number of benzene rings is 1. The molecule has 0 saturated carbocycles. The fourth-order valence-corrected chi connectivity index (χ4v) is 2.65. The fraction of sp³-hybridized carbons (Fsp3) is 0.278. The van der Waals surface area contributed by atoms with Crippen molar-refractivity contribution >= 4 is 22.5 Å². The number of hydrogen-bond donors (Lipinski definition) is 3. The van der Waals surface area contributed by atoms with Gasteiger partial charge in [0.2, 0.25) is 5.88 Å². The second-order valence-corrected chi connectivity index (χ2v) is 6.00. The lowest BCUT2D eigenvalue weighted by Crippen LogP contribution is -2.31. The van der Waals surface area contributed by atoms with Crippen LogP contribution in [0, 0.1) is 0 Å². The molecule has 1 amide bonds. The number of nitrogens with one attached hydrogen (secondary N) is 1. The number of aromatic nitrogens is 4. The molecule has 3 rings (SSSR count). The molecule has 0 bridgehead atoms. The Balaban J connectivity index is 2.10. The topological polar surface area (TPSA) is 145 Å². The van der Waals surface area contributed by atoms with Gasteiger partial charge in [0.1, 0.15) is 5.52 Å². The maximum absolute atomic E-state index is 12.3. The zero-order valence-corrected chi connectivity index (χ0v) is 15.6. The number of nitrogens with zero attached hydrogens (tertiary/aromatic N) is 4. The number of rotatable bonds is 6. The van der Waals surface area contributed by atoms with Crippen LogP contribution in [0.4, 0.5) is 5.69 Å². The summed E-state index contributed by atoms with van der Waals surface area (Å²) in [6.45, 7) is 1.64. The molecule has 2 heterocycles. The van der Waals surface area contributed by atoms with Crippen molar-refractivity contribution in [3.63, 3.8) is 0 Å². The molecule has 10 heteroatoms. The molecule has 0 fully saturated rings. The Morgan fingerprint density at radius 1 is 1.25 bits per heavy atom. The molecular formula is C18H20N6O4. The Morgan fingerprint density at radius 3 is 2.71 bits per heavy atom. The van der Waals surface area contributed by atoms with Gasteiger partial charge in [0.15, 0.2) is 5.69 Å². The molecule has 0 aliphatic carbocycles. The maximum atomic E-state index is 12.3. The third-order valence-electron chi connectivity index (χ3n) is 4.00. The predicted molar refractivity (Wildman–Crippen MR) is 102 cm³/mol. The van der Waals surface area contributed by atoms with E-state index in [1.165, 1.54) is 14.2 Å². The molecule has 28 heavy (non-hydrogen) atoms. The van der Waals surface area contributed by atoms with Gasteiger partial charge in [-0.15, -0.1) is 10.2 Å². The lowest BCUT2D eigenvalue weighted by molar-refractivity contribution is 0.0919. The van der Waals surface area contributed by atoms with E-state index in [0.29, 0.717) is 27.9 Å². The third kappa shape index (κ3) is 3.62. The molecule has 1 atom stereocenters. The highest BCUT2D eigenvalue weighted by molar-refractivity contribution is 6.07. The van der Waals surface area contributed by atoms with Crippen molar-refractivity contribution in [3.8, 4) is 23.0 Å². The van der Waals surface area contributed by atoms with Gasteiger partial charge in [-0.1, -0.05) is 18.2 Å². The number of aliphatic hydroxyl groups excluding tert-OH is 1. The van der Waals surface area contributed by atoms with Gasteiger partial charge in [0, 0.05) is 23.7 Å². The molecule has 0 radical (unpaired) electrons. The third-order valence-corrected chi connectivity index (χ3v) is 4.00. The standard InChI is InChI=1S/C18H20N6O4/c1-9(25)7-20-16(26)15-13(19)11-6-4-5-10(14(11)23-24-15)12-8-21-18(28-3)22-17(12)27-2/h4-6,8-9,25H,7H2,1-3H3,(H2,19,23)(H,20,26). The number of methoxy groups -OCH3 is 2. The fourth-order valence-electron chi connectivity index (χ4n) is 2.65. The van der Waals surface area contributed by atoms with Crippen molar-refractivity contribution in [1.82, 2.24) is 25.5 Å². The molecule has 146 valence electrons. The molecule has 3 aromatic rings. The summed E-state index contributed by atoms with van der Waals surface area (Å²) in [4.78, 5) is 20.6. The average Bonchev–Trinajstić information content (AvgIpc) is 2.71. The van der Waals surface area contributed by atoms with Crippen LogP contribution in [0.1, 0.15) is 17.4 Å². The van der Waals surface area contributed by atoms with Crippen LogP contribution < -0.4 is 20.5 Å². The Hall–Kier alpha value is -3.53.